The minimum Gasteiger partial charge on any atom is -0.233 e. The first-order valence-corrected chi connectivity index (χ1v) is 7.08. The maximum Gasteiger partial charge on any atom is 0.155 e. The van der Waals surface area contributed by atoms with Gasteiger partial charge < -0.3 is 0 Å². The van der Waals surface area contributed by atoms with Crippen molar-refractivity contribution in [1.82, 2.24) is 14.6 Å². The molecule has 0 aliphatic rings. The van der Waals surface area contributed by atoms with E-state index in [9.17, 15) is 0 Å². The van der Waals surface area contributed by atoms with Crippen molar-refractivity contribution in [2.24, 2.45) is 0 Å². The van der Waals surface area contributed by atoms with Crippen LogP contribution >= 0.6 is 11.3 Å². The minimum atomic E-state index is 0.827. The van der Waals surface area contributed by atoms with Crippen LogP contribution in [0.25, 0.3) is 5.65 Å². The van der Waals surface area contributed by atoms with Gasteiger partial charge in [-0.05, 0) is 23.9 Å². The lowest BCUT2D eigenvalue weighted by Gasteiger charge is -2.03. The molecule has 0 aromatic carbocycles. The number of rotatable bonds is 2. The van der Waals surface area contributed by atoms with E-state index in [-0.39, 0.29) is 0 Å². The van der Waals surface area contributed by atoms with E-state index in [1.807, 2.05) is 23.7 Å². The third-order valence-corrected chi connectivity index (χ3v) is 3.59. The van der Waals surface area contributed by atoms with Crippen molar-refractivity contribution in [3.05, 3.63) is 52.1 Å². The Balaban J connectivity index is 1.72. The van der Waals surface area contributed by atoms with Crippen molar-refractivity contribution in [2.75, 3.05) is 0 Å². The van der Waals surface area contributed by atoms with E-state index in [0.29, 0.717) is 0 Å². The zero-order chi connectivity index (χ0) is 13.1. The second-order valence-electron chi connectivity index (χ2n) is 4.32. The molecule has 4 heteroatoms. The molecule has 0 aliphatic carbocycles. The van der Waals surface area contributed by atoms with Gasteiger partial charge in [0.25, 0.3) is 0 Å². The first-order chi connectivity index (χ1) is 9.33. The summed E-state index contributed by atoms with van der Waals surface area (Å²) in [5.41, 5.74) is 4.26. The van der Waals surface area contributed by atoms with Gasteiger partial charge in [0.05, 0.1) is 6.20 Å². The van der Waals surface area contributed by atoms with E-state index >= 15 is 0 Å². The summed E-state index contributed by atoms with van der Waals surface area (Å²) < 4.78 is 1.80. The summed E-state index contributed by atoms with van der Waals surface area (Å²) in [4.78, 5) is 4.60. The fourth-order valence-electron chi connectivity index (χ4n) is 1.91. The van der Waals surface area contributed by atoms with Crippen LogP contribution in [0, 0.1) is 18.8 Å². The highest BCUT2D eigenvalue weighted by Crippen LogP contribution is 2.10. The molecule has 3 aromatic rings. The van der Waals surface area contributed by atoms with Crippen LogP contribution in [0.2, 0.25) is 0 Å². The molecule has 0 aliphatic heterocycles. The van der Waals surface area contributed by atoms with Gasteiger partial charge in [0.15, 0.2) is 5.65 Å². The molecule has 0 amide bonds. The van der Waals surface area contributed by atoms with E-state index < -0.39 is 0 Å². The van der Waals surface area contributed by atoms with Crippen molar-refractivity contribution in [2.45, 2.75) is 19.8 Å². The maximum absolute atomic E-state index is 4.60. The fourth-order valence-corrected chi connectivity index (χ4v) is 2.50. The molecule has 3 rings (SSSR count). The van der Waals surface area contributed by atoms with Crippen LogP contribution in [0.15, 0.2) is 35.3 Å². The van der Waals surface area contributed by atoms with Crippen molar-refractivity contribution in [1.29, 1.82) is 0 Å². The Bertz CT molecular complexity index is 745. The molecule has 3 heterocycles. The minimum absolute atomic E-state index is 0.827. The van der Waals surface area contributed by atoms with Gasteiger partial charge in [-0.2, -0.15) is 16.4 Å². The Labute approximate surface area is 115 Å². The zero-order valence-corrected chi connectivity index (χ0v) is 11.4. The van der Waals surface area contributed by atoms with Gasteiger partial charge in [0, 0.05) is 41.7 Å². The predicted octanol–water partition coefficient (Wildman–Crippen LogP) is 3.08. The average Bonchev–Trinajstić information content (AvgIpc) is 3.05. The maximum atomic E-state index is 4.60. The molecule has 94 valence electrons. The van der Waals surface area contributed by atoms with Crippen molar-refractivity contribution >= 4 is 17.0 Å². The van der Waals surface area contributed by atoms with Gasteiger partial charge >= 0.3 is 0 Å². The number of fused-ring (bicyclic) bond motifs is 1. The number of hydrogen-bond acceptors (Lipinski definition) is 3. The van der Waals surface area contributed by atoms with Crippen LogP contribution in [0.5, 0.6) is 0 Å². The van der Waals surface area contributed by atoms with Gasteiger partial charge in [0.1, 0.15) is 0 Å². The smallest absolute Gasteiger partial charge is 0.155 e. The molecule has 3 aromatic heterocycles. The summed E-state index contributed by atoms with van der Waals surface area (Å²) in [6, 6.07) is 3.96. The largest absolute Gasteiger partial charge is 0.233 e. The lowest BCUT2D eigenvalue weighted by Crippen LogP contribution is -1.99. The Hall–Kier alpha value is -2.12. The second-order valence-corrected chi connectivity index (χ2v) is 5.10. The monoisotopic (exact) mass is 267 g/mol. The standard InChI is InChI=1S/C15H13N3S/c1-12-10-18-15(6-8-16-18)17-14(12)5-3-2-4-13-7-9-19-11-13/h6-11H,3,5H2,1H3. The van der Waals surface area contributed by atoms with Crippen molar-refractivity contribution in [3.63, 3.8) is 0 Å². The fraction of sp³-hybridized carbons (Fsp3) is 0.200. The highest BCUT2D eigenvalue weighted by atomic mass is 32.1. The molecule has 0 fully saturated rings. The van der Waals surface area contributed by atoms with E-state index in [2.05, 4.69) is 34.2 Å². The summed E-state index contributed by atoms with van der Waals surface area (Å²) in [7, 11) is 0. The SMILES string of the molecule is Cc1cn2nccc2nc1CCC#Cc1ccsc1. The highest BCUT2D eigenvalue weighted by Gasteiger charge is 2.02. The second kappa shape index (κ2) is 5.25. The quantitative estimate of drug-likeness (QED) is 0.668. The molecule has 0 atom stereocenters. The van der Waals surface area contributed by atoms with E-state index in [1.165, 1.54) is 0 Å². The molecule has 0 N–H and O–H groups in total. The number of nitrogens with zero attached hydrogens (tertiary/aromatic N) is 3. The van der Waals surface area contributed by atoms with Crippen LogP contribution in [0.4, 0.5) is 0 Å². The Morgan fingerprint density at radius 2 is 2.32 bits per heavy atom. The molecule has 0 unspecified atom stereocenters. The van der Waals surface area contributed by atoms with Crippen LogP contribution < -0.4 is 0 Å². The van der Waals surface area contributed by atoms with Crippen LogP contribution in [-0.4, -0.2) is 14.6 Å². The molecule has 0 spiro atoms. The molecular formula is C15H13N3S. The van der Waals surface area contributed by atoms with Gasteiger partial charge in [0.2, 0.25) is 0 Å². The topological polar surface area (TPSA) is 30.2 Å². The first-order valence-electron chi connectivity index (χ1n) is 6.14. The Kier molecular flexibility index (Phi) is 3.30. The summed E-state index contributed by atoms with van der Waals surface area (Å²) in [6.45, 7) is 2.07. The van der Waals surface area contributed by atoms with Crippen molar-refractivity contribution < 1.29 is 0 Å². The van der Waals surface area contributed by atoms with Crippen molar-refractivity contribution in [3.8, 4) is 11.8 Å². The summed E-state index contributed by atoms with van der Waals surface area (Å²) >= 11 is 1.67. The summed E-state index contributed by atoms with van der Waals surface area (Å²) in [5, 5.41) is 8.29. The third-order valence-electron chi connectivity index (χ3n) is 2.91. The van der Waals surface area contributed by atoms with Gasteiger partial charge in [-0.25, -0.2) is 9.50 Å². The molecule has 3 nitrogen and oxygen atoms in total. The molecule has 0 saturated heterocycles. The Morgan fingerprint density at radius 1 is 1.37 bits per heavy atom. The molecule has 0 radical (unpaired) electrons. The van der Waals surface area contributed by atoms with Gasteiger partial charge in [-0.15, -0.1) is 0 Å². The lowest BCUT2D eigenvalue weighted by molar-refractivity contribution is 0.877. The highest BCUT2D eigenvalue weighted by molar-refractivity contribution is 7.08. The van der Waals surface area contributed by atoms with E-state index in [4.69, 9.17) is 0 Å². The third kappa shape index (κ3) is 2.67. The molecule has 0 bridgehead atoms. The first kappa shape index (κ1) is 11.9. The van der Waals surface area contributed by atoms with E-state index in [0.717, 1.165) is 35.3 Å². The molecule has 19 heavy (non-hydrogen) atoms. The average molecular weight is 267 g/mol. The van der Waals surface area contributed by atoms with Crippen LogP contribution in [-0.2, 0) is 6.42 Å². The van der Waals surface area contributed by atoms with Crippen LogP contribution in [0.3, 0.4) is 0 Å². The number of aromatic nitrogens is 3. The summed E-state index contributed by atoms with van der Waals surface area (Å²) in [5.74, 6) is 6.36. The van der Waals surface area contributed by atoms with Gasteiger partial charge in [-0.3, -0.25) is 0 Å². The van der Waals surface area contributed by atoms with Crippen LogP contribution in [0.1, 0.15) is 23.2 Å². The molecule has 0 saturated carbocycles. The molecular weight excluding hydrogens is 254 g/mol. The number of hydrogen-bond donors (Lipinski definition) is 0. The van der Waals surface area contributed by atoms with E-state index in [1.54, 1.807) is 22.0 Å². The number of thiophene rings is 1. The Morgan fingerprint density at radius 3 is 3.16 bits per heavy atom. The predicted molar refractivity (Wildman–Crippen MR) is 77.2 cm³/mol. The number of aryl methyl sites for hydroxylation is 2. The zero-order valence-electron chi connectivity index (χ0n) is 10.6. The normalized spacial score (nSPS) is 10.4. The summed E-state index contributed by atoms with van der Waals surface area (Å²) in [6.07, 6.45) is 5.49. The lowest BCUT2D eigenvalue weighted by atomic mass is 10.1. The van der Waals surface area contributed by atoms with Gasteiger partial charge in [-0.1, -0.05) is 11.8 Å².